The standard InChI is InChI=1S/C8H4O3.C4H8O2/c9-7-5-3-1-2-4-6(5)8(10)11-7;1-3-6-4(2)5/h1-4H;3H2,1-2H3. The Bertz CT molecular complexity index is 417. The monoisotopic (exact) mass is 236 g/mol. The molecule has 90 valence electrons. The second-order valence-electron chi connectivity index (χ2n) is 3.15. The van der Waals surface area contributed by atoms with Crippen LogP contribution in [0.25, 0.3) is 0 Å². The van der Waals surface area contributed by atoms with Gasteiger partial charge < -0.3 is 9.47 Å². The minimum atomic E-state index is -0.550. The Balaban J connectivity index is 0.000000209. The molecule has 2 rings (SSSR count). The summed E-state index contributed by atoms with van der Waals surface area (Å²) >= 11 is 0. The van der Waals surface area contributed by atoms with Crippen LogP contribution in [0.15, 0.2) is 24.3 Å². The predicted molar refractivity (Wildman–Crippen MR) is 58.5 cm³/mol. The average Bonchev–Trinajstić information content (AvgIpc) is 2.56. The third kappa shape index (κ3) is 3.41. The Morgan fingerprint density at radius 3 is 1.94 bits per heavy atom. The molecule has 1 aromatic rings. The maximum absolute atomic E-state index is 10.8. The highest BCUT2D eigenvalue weighted by Crippen LogP contribution is 2.18. The van der Waals surface area contributed by atoms with Crippen molar-refractivity contribution in [1.82, 2.24) is 0 Å². The van der Waals surface area contributed by atoms with Gasteiger partial charge in [-0.2, -0.15) is 0 Å². The van der Waals surface area contributed by atoms with Crippen LogP contribution in [0.5, 0.6) is 0 Å². The number of carbonyl (C=O) groups excluding carboxylic acids is 3. The minimum Gasteiger partial charge on any atom is -0.466 e. The van der Waals surface area contributed by atoms with Crippen LogP contribution in [-0.2, 0) is 14.3 Å². The summed E-state index contributed by atoms with van der Waals surface area (Å²) < 4.78 is 8.76. The highest BCUT2D eigenvalue weighted by molar-refractivity contribution is 6.14. The van der Waals surface area contributed by atoms with Crippen molar-refractivity contribution in [3.63, 3.8) is 0 Å². The molecule has 0 radical (unpaired) electrons. The molecule has 0 atom stereocenters. The van der Waals surface area contributed by atoms with Crippen LogP contribution in [0.1, 0.15) is 34.6 Å². The van der Waals surface area contributed by atoms with E-state index in [2.05, 4.69) is 9.47 Å². The first-order valence-electron chi connectivity index (χ1n) is 5.05. The number of benzene rings is 1. The zero-order valence-corrected chi connectivity index (χ0v) is 9.56. The molecular formula is C12H12O5. The van der Waals surface area contributed by atoms with Crippen molar-refractivity contribution in [3.05, 3.63) is 35.4 Å². The van der Waals surface area contributed by atoms with Crippen molar-refractivity contribution >= 4 is 17.9 Å². The van der Waals surface area contributed by atoms with Crippen molar-refractivity contribution in [2.75, 3.05) is 6.61 Å². The summed E-state index contributed by atoms with van der Waals surface area (Å²) in [5.74, 6) is -1.31. The fourth-order valence-electron chi connectivity index (χ4n) is 1.24. The quantitative estimate of drug-likeness (QED) is 0.546. The van der Waals surface area contributed by atoms with E-state index in [0.29, 0.717) is 17.7 Å². The topological polar surface area (TPSA) is 69.7 Å². The SMILES string of the molecule is CCOC(C)=O.O=C1OC(=O)c2ccccc21. The molecule has 1 heterocycles. The predicted octanol–water partition coefficient (Wildman–Crippen LogP) is 1.57. The largest absolute Gasteiger partial charge is 0.466 e. The van der Waals surface area contributed by atoms with E-state index in [4.69, 9.17) is 0 Å². The lowest BCUT2D eigenvalue weighted by atomic mass is 10.1. The summed E-state index contributed by atoms with van der Waals surface area (Å²) in [6.07, 6.45) is 0. The van der Waals surface area contributed by atoms with E-state index in [0.717, 1.165) is 0 Å². The molecule has 0 spiro atoms. The Morgan fingerprint density at radius 1 is 1.18 bits per heavy atom. The van der Waals surface area contributed by atoms with E-state index in [9.17, 15) is 14.4 Å². The number of hydrogen-bond acceptors (Lipinski definition) is 5. The van der Waals surface area contributed by atoms with Gasteiger partial charge in [-0.1, -0.05) is 12.1 Å². The van der Waals surface area contributed by atoms with Crippen molar-refractivity contribution in [3.8, 4) is 0 Å². The van der Waals surface area contributed by atoms with Crippen molar-refractivity contribution in [2.24, 2.45) is 0 Å². The first-order chi connectivity index (χ1) is 8.06. The third-order valence-corrected chi connectivity index (χ3v) is 1.90. The van der Waals surface area contributed by atoms with Gasteiger partial charge in [-0.3, -0.25) is 4.79 Å². The lowest BCUT2D eigenvalue weighted by Crippen LogP contribution is -1.96. The van der Waals surface area contributed by atoms with Gasteiger partial charge in [-0.05, 0) is 19.1 Å². The molecule has 0 saturated heterocycles. The zero-order valence-electron chi connectivity index (χ0n) is 9.56. The van der Waals surface area contributed by atoms with E-state index in [1.807, 2.05) is 0 Å². The van der Waals surface area contributed by atoms with Crippen LogP contribution in [0.3, 0.4) is 0 Å². The molecule has 0 aromatic heterocycles. The van der Waals surface area contributed by atoms with Crippen molar-refractivity contribution in [1.29, 1.82) is 0 Å². The van der Waals surface area contributed by atoms with Crippen LogP contribution < -0.4 is 0 Å². The number of hydrogen-bond donors (Lipinski definition) is 0. The van der Waals surface area contributed by atoms with E-state index in [-0.39, 0.29) is 5.97 Å². The molecule has 5 heteroatoms. The van der Waals surface area contributed by atoms with E-state index < -0.39 is 11.9 Å². The Hall–Kier alpha value is -2.17. The minimum absolute atomic E-state index is 0.211. The summed E-state index contributed by atoms with van der Waals surface area (Å²) in [5.41, 5.74) is 0.718. The Labute approximate surface area is 98.3 Å². The number of cyclic esters (lactones) is 2. The zero-order chi connectivity index (χ0) is 12.8. The van der Waals surface area contributed by atoms with Gasteiger partial charge >= 0.3 is 17.9 Å². The van der Waals surface area contributed by atoms with Gasteiger partial charge in [0.1, 0.15) is 0 Å². The molecule has 0 aliphatic carbocycles. The molecule has 5 nitrogen and oxygen atoms in total. The highest BCUT2D eigenvalue weighted by atomic mass is 16.6. The lowest BCUT2D eigenvalue weighted by molar-refractivity contribution is -0.140. The van der Waals surface area contributed by atoms with Gasteiger partial charge in [0.25, 0.3) is 0 Å². The maximum Gasteiger partial charge on any atom is 0.346 e. The fraction of sp³-hybridized carbons (Fsp3) is 0.250. The molecule has 0 amide bonds. The highest BCUT2D eigenvalue weighted by Gasteiger charge is 2.28. The van der Waals surface area contributed by atoms with Gasteiger partial charge in [0.2, 0.25) is 0 Å². The lowest BCUT2D eigenvalue weighted by Gasteiger charge is -1.89. The molecule has 0 saturated carbocycles. The number of rotatable bonds is 1. The van der Waals surface area contributed by atoms with Gasteiger partial charge in [-0.25, -0.2) is 9.59 Å². The average molecular weight is 236 g/mol. The van der Waals surface area contributed by atoms with E-state index in [1.54, 1.807) is 31.2 Å². The van der Waals surface area contributed by atoms with Crippen LogP contribution in [0.4, 0.5) is 0 Å². The summed E-state index contributed by atoms with van der Waals surface area (Å²) in [6, 6.07) is 6.53. The smallest absolute Gasteiger partial charge is 0.346 e. The van der Waals surface area contributed by atoms with Gasteiger partial charge in [0.15, 0.2) is 0 Å². The third-order valence-electron chi connectivity index (χ3n) is 1.90. The Kier molecular flexibility index (Phi) is 4.39. The number of carbonyl (C=O) groups is 3. The van der Waals surface area contributed by atoms with Crippen molar-refractivity contribution < 1.29 is 23.9 Å². The van der Waals surface area contributed by atoms with Crippen LogP contribution in [0.2, 0.25) is 0 Å². The molecule has 0 N–H and O–H groups in total. The summed E-state index contributed by atoms with van der Waals surface area (Å²) in [5, 5.41) is 0. The first kappa shape index (κ1) is 12.9. The van der Waals surface area contributed by atoms with Gasteiger partial charge in [0.05, 0.1) is 17.7 Å². The molecule has 17 heavy (non-hydrogen) atoms. The molecule has 0 fully saturated rings. The molecular weight excluding hydrogens is 224 g/mol. The van der Waals surface area contributed by atoms with Crippen molar-refractivity contribution in [2.45, 2.75) is 13.8 Å². The Morgan fingerprint density at radius 2 is 1.65 bits per heavy atom. The second kappa shape index (κ2) is 5.79. The first-order valence-corrected chi connectivity index (χ1v) is 5.05. The summed E-state index contributed by atoms with van der Waals surface area (Å²) in [6.45, 7) is 3.65. The van der Waals surface area contributed by atoms with E-state index in [1.165, 1.54) is 6.92 Å². The summed E-state index contributed by atoms with van der Waals surface area (Å²) in [4.78, 5) is 31.5. The van der Waals surface area contributed by atoms with Crippen LogP contribution in [-0.4, -0.2) is 24.5 Å². The molecule has 1 aliphatic heterocycles. The number of esters is 3. The number of ether oxygens (including phenoxy) is 2. The number of fused-ring (bicyclic) bond motifs is 1. The fourth-order valence-corrected chi connectivity index (χ4v) is 1.24. The van der Waals surface area contributed by atoms with Crippen LogP contribution in [0, 0.1) is 0 Å². The molecule has 1 aliphatic rings. The van der Waals surface area contributed by atoms with Gasteiger partial charge in [0, 0.05) is 6.92 Å². The van der Waals surface area contributed by atoms with Crippen LogP contribution >= 0.6 is 0 Å². The summed E-state index contributed by atoms with van der Waals surface area (Å²) in [7, 11) is 0. The maximum atomic E-state index is 10.8. The molecule has 0 unspecified atom stereocenters. The van der Waals surface area contributed by atoms with Gasteiger partial charge in [-0.15, -0.1) is 0 Å². The van der Waals surface area contributed by atoms with E-state index >= 15 is 0 Å². The molecule has 0 bridgehead atoms. The normalized spacial score (nSPS) is 12.1. The molecule has 1 aromatic carbocycles. The second-order valence-corrected chi connectivity index (χ2v) is 3.15.